The number of nitrogens with one attached hydrogen (secondary N) is 3. The fraction of sp³-hybridized carbons (Fsp3) is 0.200. The van der Waals surface area contributed by atoms with Crippen molar-refractivity contribution in [3.63, 3.8) is 0 Å². The second-order valence-corrected chi connectivity index (χ2v) is 7.82. The van der Waals surface area contributed by atoms with Crippen molar-refractivity contribution < 1.29 is 23.8 Å². The van der Waals surface area contributed by atoms with Gasteiger partial charge in [-0.05, 0) is 29.3 Å². The molecule has 9 nitrogen and oxygen atoms in total. The van der Waals surface area contributed by atoms with Crippen LogP contribution in [0.25, 0.3) is 0 Å². The molecule has 0 aliphatic heterocycles. The quantitative estimate of drug-likeness (QED) is 0.192. The zero-order chi connectivity index (χ0) is 25.4. The first-order valence-electron chi connectivity index (χ1n) is 10.6. The summed E-state index contributed by atoms with van der Waals surface area (Å²) in [7, 11) is 4.44. The number of nitrogens with two attached hydrogens (primary N) is 1. The van der Waals surface area contributed by atoms with Gasteiger partial charge in [-0.1, -0.05) is 41.9 Å². The molecule has 184 valence electrons. The van der Waals surface area contributed by atoms with E-state index >= 15 is 0 Å². The molecule has 3 aromatic rings. The number of anilines is 1. The molecule has 0 spiro atoms. The lowest BCUT2D eigenvalue weighted by atomic mass is 9.96. The third-order valence-corrected chi connectivity index (χ3v) is 5.52. The molecule has 5 N–H and O–H groups in total. The van der Waals surface area contributed by atoms with Crippen LogP contribution in [0.3, 0.4) is 0 Å². The van der Waals surface area contributed by atoms with Gasteiger partial charge in [-0.3, -0.25) is 20.3 Å². The van der Waals surface area contributed by atoms with Crippen molar-refractivity contribution in [1.29, 1.82) is 0 Å². The smallest absolute Gasteiger partial charge is 0.259 e. The van der Waals surface area contributed by atoms with Crippen molar-refractivity contribution in [2.45, 2.75) is 6.04 Å². The maximum absolute atomic E-state index is 13.3. The molecule has 0 aromatic heterocycles. The molecular formula is C25H27ClN4O5. The average Bonchev–Trinajstić information content (AvgIpc) is 2.89. The van der Waals surface area contributed by atoms with Gasteiger partial charge in [-0.15, -0.1) is 0 Å². The summed E-state index contributed by atoms with van der Waals surface area (Å²) in [5, 5.41) is 6.57. The molecule has 1 unspecified atom stereocenters. The van der Waals surface area contributed by atoms with E-state index in [1.54, 1.807) is 30.3 Å². The van der Waals surface area contributed by atoms with E-state index in [-0.39, 0.29) is 12.1 Å². The third-order valence-electron chi connectivity index (χ3n) is 5.28. The Morgan fingerprint density at radius 2 is 1.57 bits per heavy atom. The van der Waals surface area contributed by atoms with Crippen molar-refractivity contribution in [2.24, 2.45) is 5.84 Å². The van der Waals surface area contributed by atoms with Gasteiger partial charge in [-0.2, -0.15) is 0 Å². The minimum atomic E-state index is -0.477. The minimum Gasteiger partial charge on any atom is -0.496 e. The standard InChI is InChI=1S/C25H27ClN4O5/c1-33-20-13-22(35-3)21(34-2)12-18(20)25(32)29-19-10-9-16(26)11-17(19)24(28-14-23(31)30-27)15-7-5-4-6-8-15/h4-13,24,28H,14,27H2,1-3H3,(H,29,32)(H,30,31). The topological polar surface area (TPSA) is 124 Å². The summed E-state index contributed by atoms with van der Waals surface area (Å²) in [6.45, 7) is -0.0561. The van der Waals surface area contributed by atoms with Crippen LogP contribution in [0.15, 0.2) is 60.7 Å². The van der Waals surface area contributed by atoms with Gasteiger partial charge in [0.15, 0.2) is 11.5 Å². The number of methoxy groups -OCH3 is 3. The second kappa shape index (κ2) is 12.1. The summed E-state index contributed by atoms with van der Waals surface area (Å²) in [4.78, 5) is 25.2. The van der Waals surface area contributed by atoms with Crippen LogP contribution in [0.2, 0.25) is 5.02 Å². The van der Waals surface area contributed by atoms with Crippen LogP contribution in [0.4, 0.5) is 5.69 Å². The number of hydrogen-bond donors (Lipinski definition) is 4. The van der Waals surface area contributed by atoms with Gasteiger partial charge in [0.1, 0.15) is 5.75 Å². The summed E-state index contributed by atoms with van der Waals surface area (Å²) in [6.07, 6.45) is 0. The fourth-order valence-corrected chi connectivity index (χ4v) is 3.76. The molecule has 0 fully saturated rings. The molecule has 1 atom stereocenters. The Balaban J connectivity index is 2.03. The van der Waals surface area contributed by atoms with Crippen molar-refractivity contribution in [2.75, 3.05) is 33.2 Å². The van der Waals surface area contributed by atoms with E-state index in [9.17, 15) is 9.59 Å². The van der Waals surface area contributed by atoms with E-state index in [0.717, 1.165) is 5.56 Å². The minimum absolute atomic E-state index is 0.0561. The second-order valence-electron chi connectivity index (χ2n) is 7.39. The highest BCUT2D eigenvalue weighted by molar-refractivity contribution is 6.30. The molecule has 10 heteroatoms. The van der Waals surface area contributed by atoms with E-state index in [1.807, 2.05) is 30.3 Å². The van der Waals surface area contributed by atoms with Crippen LogP contribution in [-0.2, 0) is 4.79 Å². The van der Waals surface area contributed by atoms with Gasteiger partial charge >= 0.3 is 0 Å². The number of benzene rings is 3. The van der Waals surface area contributed by atoms with Gasteiger partial charge in [0.25, 0.3) is 5.91 Å². The van der Waals surface area contributed by atoms with E-state index < -0.39 is 17.9 Å². The predicted molar refractivity (Wildman–Crippen MR) is 134 cm³/mol. The summed E-state index contributed by atoms with van der Waals surface area (Å²) in [5.74, 6) is 5.54. The zero-order valence-electron chi connectivity index (χ0n) is 19.6. The number of halogens is 1. The van der Waals surface area contributed by atoms with Crippen LogP contribution in [0, 0.1) is 0 Å². The molecule has 0 saturated carbocycles. The highest BCUT2D eigenvalue weighted by Crippen LogP contribution is 2.36. The van der Waals surface area contributed by atoms with Crippen molar-refractivity contribution in [1.82, 2.24) is 10.7 Å². The van der Waals surface area contributed by atoms with Crippen LogP contribution >= 0.6 is 11.6 Å². The van der Waals surface area contributed by atoms with Crippen LogP contribution in [-0.4, -0.2) is 39.7 Å². The molecule has 0 saturated heterocycles. The van der Waals surface area contributed by atoms with Crippen molar-refractivity contribution in [3.8, 4) is 17.2 Å². The maximum atomic E-state index is 13.3. The molecule has 0 heterocycles. The number of hydrogen-bond acceptors (Lipinski definition) is 7. The SMILES string of the molecule is COc1cc(OC)c(C(=O)Nc2ccc(Cl)cc2C(NCC(=O)NN)c2ccccc2)cc1OC. The van der Waals surface area contributed by atoms with E-state index in [1.165, 1.54) is 21.3 Å². The monoisotopic (exact) mass is 498 g/mol. The maximum Gasteiger partial charge on any atom is 0.259 e. The number of carbonyl (C=O) groups is 2. The first-order valence-corrected chi connectivity index (χ1v) is 11.0. The zero-order valence-corrected chi connectivity index (χ0v) is 20.3. The molecular weight excluding hydrogens is 472 g/mol. The molecule has 0 radical (unpaired) electrons. The summed E-state index contributed by atoms with van der Waals surface area (Å²) in [5.41, 5.74) is 4.36. The van der Waals surface area contributed by atoms with Crippen LogP contribution < -0.4 is 36.1 Å². The Kier molecular flexibility index (Phi) is 8.91. The molecule has 35 heavy (non-hydrogen) atoms. The van der Waals surface area contributed by atoms with Gasteiger partial charge in [-0.25, -0.2) is 5.84 Å². The summed E-state index contributed by atoms with van der Waals surface area (Å²) >= 11 is 6.32. The lowest BCUT2D eigenvalue weighted by Crippen LogP contribution is -2.39. The largest absolute Gasteiger partial charge is 0.496 e. The van der Waals surface area contributed by atoms with E-state index in [0.29, 0.717) is 33.5 Å². The highest BCUT2D eigenvalue weighted by atomic mass is 35.5. The molecule has 0 aliphatic rings. The van der Waals surface area contributed by atoms with Crippen LogP contribution in [0.1, 0.15) is 27.5 Å². The fourth-order valence-electron chi connectivity index (χ4n) is 3.58. The van der Waals surface area contributed by atoms with Crippen molar-refractivity contribution >= 4 is 29.1 Å². The number of hydrazine groups is 1. The Morgan fingerprint density at radius 3 is 2.20 bits per heavy atom. The van der Waals surface area contributed by atoms with Gasteiger partial charge in [0, 0.05) is 22.8 Å². The van der Waals surface area contributed by atoms with Crippen LogP contribution in [0.5, 0.6) is 17.2 Å². The third kappa shape index (κ3) is 6.21. The molecule has 3 aromatic carbocycles. The molecule has 0 bridgehead atoms. The van der Waals surface area contributed by atoms with Gasteiger partial charge in [0.2, 0.25) is 5.91 Å². The highest BCUT2D eigenvalue weighted by Gasteiger charge is 2.23. The molecule has 3 rings (SSSR count). The number of carbonyl (C=O) groups excluding carboxylic acids is 2. The molecule has 0 aliphatic carbocycles. The number of amides is 2. The Morgan fingerprint density at radius 1 is 0.914 bits per heavy atom. The lowest BCUT2D eigenvalue weighted by molar-refractivity contribution is -0.120. The first kappa shape index (κ1) is 25.8. The van der Waals surface area contributed by atoms with Gasteiger partial charge < -0.3 is 19.5 Å². The average molecular weight is 499 g/mol. The van der Waals surface area contributed by atoms with Gasteiger partial charge in [0.05, 0.1) is 39.5 Å². The number of rotatable bonds is 10. The first-order chi connectivity index (χ1) is 16.9. The molecule has 2 amide bonds. The Hall–Kier alpha value is -3.79. The predicted octanol–water partition coefficient (Wildman–Crippen LogP) is 3.29. The Labute approximate surface area is 208 Å². The summed E-state index contributed by atoms with van der Waals surface area (Å²) < 4.78 is 16.0. The Bertz CT molecular complexity index is 1190. The summed E-state index contributed by atoms with van der Waals surface area (Å²) in [6, 6.07) is 17.2. The lowest BCUT2D eigenvalue weighted by Gasteiger charge is -2.23. The number of ether oxygens (including phenoxy) is 3. The van der Waals surface area contributed by atoms with E-state index in [4.69, 9.17) is 31.7 Å². The normalized spacial score (nSPS) is 11.3. The van der Waals surface area contributed by atoms with Crippen molar-refractivity contribution in [3.05, 3.63) is 82.4 Å². The van der Waals surface area contributed by atoms with E-state index in [2.05, 4.69) is 16.1 Å².